The monoisotopic (exact) mass is 395 g/mol. The molecule has 2 amide bonds. The predicted octanol–water partition coefficient (Wildman–Crippen LogP) is 4.99. The Balaban J connectivity index is 1.67. The number of hydrogen-bond acceptors (Lipinski definition) is 3. The van der Waals surface area contributed by atoms with E-state index in [4.69, 9.17) is 0 Å². The highest BCUT2D eigenvalue weighted by Gasteiger charge is 2.35. The van der Waals surface area contributed by atoms with E-state index in [0.29, 0.717) is 5.56 Å². The number of carbonyl (C=O) groups excluding carboxylic acids is 2. The van der Waals surface area contributed by atoms with Crippen LogP contribution in [0.1, 0.15) is 26.3 Å². The molecule has 0 radical (unpaired) electrons. The quantitative estimate of drug-likeness (QED) is 0.407. The third-order valence-electron chi connectivity index (χ3n) is 3.88. The lowest BCUT2D eigenvalue weighted by atomic mass is 10.1. The molecule has 2 aromatic carbocycles. The minimum Gasteiger partial charge on any atom is -0.269 e. The van der Waals surface area contributed by atoms with Crippen molar-refractivity contribution in [2.75, 3.05) is 6.54 Å². The van der Waals surface area contributed by atoms with E-state index in [1.165, 1.54) is 30.3 Å². The highest BCUT2D eigenvalue weighted by atomic mass is 32.2. The molecule has 0 saturated carbocycles. The summed E-state index contributed by atoms with van der Waals surface area (Å²) in [7, 11) is 0. The first-order chi connectivity index (χ1) is 12.7. The molecule has 1 aliphatic rings. The Kier molecular flexibility index (Phi) is 5.36. The average molecular weight is 395 g/mol. The number of nitrogens with zero attached hydrogens (tertiary/aromatic N) is 1. The molecule has 0 spiro atoms. The molecular weight excluding hydrogens is 382 g/mol. The smallest absolute Gasteiger partial charge is 0.269 e. The average Bonchev–Trinajstić information content (AvgIpc) is 2.84. The van der Waals surface area contributed by atoms with Crippen LogP contribution in [0.5, 0.6) is 0 Å². The molecule has 140 valence electrons. The van der Waals surface area contributed by atoms with Gasteiger partial charge in [-0.1, -0.05) is 24.3 Å². The molecule has 0 aliphatic carbocycles. The molecular formula is C19H13F4NO2S. The predicted molar refractivity (Wildman–Crippen MR) is 93.1 cm³/mol. The molecule has 2 aromatic rings. The van der Waals surface area contributed by atoms with Gasteiger partial charge in [0.1, 0.15) is 5.83 Å². The molecule has 8 heteroatoms. The normalized spacial score (nSPS) is 14.7. The largest absolute Gasteiger partial charge is 0.446 e. The zero-order valence-corrected chi connectivity index (χ0v) is 14.6. The number of hydrogen-bond donors (Lipinski definition) is 0. The van der Waals surface area contributed by atoms with Crippen LogP contribution in [0, 0.1) is 0 Å². The van der Waals surface area contributed by atoms with Gasteiger partial charge in [0.15, 0.2) is 0 Å². The fourth-order valence-electron chi connectivity index (χ4n) is 2.70. The van der Waals surface area contributed by atoms with E-state index >= 15 is 0 Å². The van der Waals surface area contributed by atoms with Gasteiger partial charge in [-0.25, -0.2) is 4.39 Å². The van der Waals surface area contributed by atoms with E-state index in [-0.39, 0.29) is 34.2 Å². The fourth-order valence-corrected chi connectivity index (χ4v) is 3.32. The number of amides is 2. The third-order valence-corrected chi connectivity index (χ3v) is 4.60. The zero-order valence-electron chi connectivity index (χ0n) is 13.8. The van der Waals surface area contributed by atoms with Crippen molar-refractivity contribution in [2.45, 2.75) is 16.8 Å². The third kappa shape index (κ3) is 4.57. The van der Waals surface area contributed by atoms with E-state index < -0.39 is 29.7 Å². The summed E-state index contributed by atoms with van der Waals surface area (Å²) < 4.78 is 51.5. The van der Waals surface area contributed by atoms with Crippen LogP contribution in [0.4, 0.5) is 17.6 Å². The molecule has 0 bridgehead atoms. The second-order valence-electron chi connectivity index (χ2n) is 5.79. The van der Waals surface area contributed by atoms with E-state index in [2.05, 4.69) is 0 Å². The number of halogens is 4. The van der Waals surface area contributed by atoms with Crippen molar-refractivity contribution >= 4 is 23.6 Å². The summed E-state index contributed by atoms with van der Waals surface area (Å²) in [6.07, 6.45) is 1.20. The Morgan fingerprint density at radius 3 is 2.22 bits per heavy atom. The topological polar surface area (TPSA) is 37.4 Å². The molecule has 3 nitrogen and oxygen atoms in total. The molecule has 0 N–H and O–H groups in total. The van der Waals surface area contributed by atoms with Gasteiger partial charge >= 0.3 is 5.51 Å². The minimum absolute atomic E-state index is 0.00848. The number of carbonyl (C=O) groups is 2. The summed E-state index contributed by atoms with van der Waals surface area (Å²) in [6, 6.07) is 11.9. The van der Waals surface area contributed by atoms with Crippen LogP contribution in [0.3, 0.4) is 0 Å². The Hall–Kier alpha value is -2.61. The number of imide groups is 1. The SMILES string of the molecule is O=C1c2ccccc2C(=O)N1C/C(F)=C\Cc1cccc(SC(F)(F)F)c1. The zero-order chi connectivity index (χ0) is 19.6. The van der Waals surface area contributed by atoms with E-state index in [9.17, 15) is 27.2 Å². The van der Waals surface area contributed by atoms with Crippen molar-refractivity contribution in [2.24, 2.45) is 0 Å². The highest BCUT2D eigenvalue weighted by molar-refractivity contribution is 8.00. The maximum atomic E-state index is 14.2. The number of thioether (sulfide) groups is 1. The van der Waals surface area contributed by atoms with Crippen LogP contribution < -0.4 is 0 Å². The molecule has 0 atom stereocenters. The number of allylic oxidation sites excluding steroid dienone is 1. The summed E-state index contributed by atoms with van der Waals surface area (Å²) in [5, 5.41) is 0. The van der Waals surface area contributed by atoms with Crippen LogP contribution in [0.2, 0.25) is 0 Å². The number of alkyl halides is 3. The van der Waals surface area contributed by atoms with Crippen LogP contribution >= 0.6 is 11.8 Å². The second-order valence-corrected chi connectivity index (χ2v) is 6.93. The van der Waals surface area contributed by atoms with Crippen LogP contribution in [-0.4, -0.2) is 28.8 Å². The van der Waals surface area contributed by atoms with Gasteiger partial charge in [0.2, 0.25) is 0 Å². The lowest BCUT2D eigenvalue weighted by Gasteiger charge is -2.12. The van der Waals surface area contributed by atoms with Gasteiger partial charge in [-0.15, -0.1) is 0 Å². The molecule has 27 heavy (non-hydrogen) atoms. The second kappa shape index (κ2) is 7.56. The Labute approximate surface area is 156 Å². The van der Waals surface area contributed by atoms with E-state index in [1.807, 2.05) is 0 Å². The maximum absolute atomic E-state index is 14.2. The summed E-state index contributed by atoms with van der Waals surface area (Å²) in [5.41, 5.74) is -3.45. The number of benzene rings is 2. The standard InChI is InChI=1S/C19H13F4NO2S/c20-13(9-8-12-4-3-5-14(10-12)27-19(21,22)23)11-24-17(25)15-6-1-2-7-16(15)18(24)26/h1-7,9-10H,8,11H2/b13-9+. The summed E-state index contributed by atoms with van der Waals surface area (Å²) in [4.78, 5) is 25.2. The lowest BCUT2D eigenvalue weighted by molar-refractivity contribution is -0.0328. The van der Waals surface area contributed by atoms with Crippen molar-refractivity contribution in [3.05, 3.63) is 77.1 Å². The Morgan fingerprint density at radius 2 is 1.63 bits per heavy atom. The van der Waals surface area contributed by atoms with Gasteiger partial charge in [0.25, 0.3) is 11.8 Å². The van der Waals surface area contributed by atoms with Gasteiger partial charge < -0.3 is 0 Å². The molecule has 0 aromatic heterocycles. The van der Waals surface area contributed by atoms with Crippen molar-refractivity contribution in [1.29, 1.82) is 0 Å². The summed E-state index contributed by atoms with van der Waals surface area (Å²) in [6.45, 7) is -0.511. The van der Waals surface area contributed by atoms with Crippen LogP contribution in [0.25, 0.3) is 0 Å². The molecule has 1 aliphatic heterocycles. The maximum Gasteiger partial charge on any atom is 0.446 e. The van der Waals surface area contributed by atoms with Gasteiger partial charge in [-0.3, -0.25) is 14.5 Å². The summed E-state index contributed by atoms with van der Waals surface area (Å²) >= 11 is -0.243. The van der Waals surface area contributed by atoms with Gasteiger partial charge in [-0.2, -0.15) is 13.2 Å². The minimum atomic E-state index is -4.40. The van der Waals surface area contributed by atoms with Crippen molar-refractivity contribution < 1.29 is 27.2 Å². The first kappa shape index (κ1) is 19.2. The van der Waals surface area contributed by atoms with Gasteiger partial charge in [-0.05, 0) is 54.1 Å². The van der Waals surface area contributed by atoms with E-state index in [1.54, 1.807) is 18.2 Å². The van der Waals surface area contributed by atoms with E-state index in [0.717, 1.165) is 11.0 Å². The summed E-state index contributed by atoms with van der Waals surface area (Å²) in [5.74, 6) is -1.84. The van der Waals surface area contributed by atoms with Crippen LogP contribution in [-0.2, 0) is 6.42 Å². The lowest BCUT2D eigenvalue weighted by Crippen LogP contribution is -2.31. The molecule has 0 saturated heterocycles. The molecule has 0 fully saturated rings. The first-order valence-corrected chi connectivity index (χ1v) is 8.71. The highest BCUT2D eigenvalue weighted by Crippen LogP contribution is 2.37. The van der Waals surface area contributed by atoms with Gasteiger partial charge in [0, 0.05) is 4.90 Å². The molecule has 0 unspecified atom stereocenters. The van der Waals surface area contributed by atoms with Crippen LogP contribution in [0.15, 0.2) is 65.3 Å². The first-order valence-electron chi connectivity index (χ1n) is 7.89. The number of fused-ring (bicyclic) bond motifs is 1. The molecule has 3 rings (SSSR count). The van der Waals surface area contributed by atoms with Crippen molar-refractivity contribution in [1.82, 2.24) is 4.90 Å². The van der Waals surface area contributed by atoms with Crippen molar-refractivity contribution in [3.8, 4) is 0 Å². The molecule has 1 heterocycles. The fraction of sp³-hybridized carbons (Fsp3) is 0.158. The number of rotatable bonds is 5. The van der Waals surface area contributed by atoms with Gasteiger partial charge in [0.05, 0.1) is 17.7 Å². The Bertz CT molecular complexity index is 889. The van der Waals surface area contributed by atoms with Crippen molar-refractivity contribution in [3.63, 3.8) is 0 Å². The Morgan fingerprint density at radius 1 is 1.00 bits per heavy atom.